The van der Waals surface area contributed by atoms with Crippen molar-refractivity contribution in [3.63, 3.8) is 0 Å². The maximum atomic E-state index is 12.5. The molecule has 1 aliphatic heterocycles. The molecule has 0 amide bonds. The molecular formula is C18H18N2O3. The van der Waals surface area contributed by atoms with Crippen LogP contribution in [0, 0.1) is 11.3 Å². The molecule has 0 bridgehead atoms. The minimum absolute atomic E-state index is 0.141. The standard InChI is InChI=1S/C18H18N2O3/c1-22-15-4-2-13(3-5-15)12-20-17-7-9-23-8-6-16(17)14(11-19)10-18(20)21/h2-5,10H,6-9,12H2,1H3. The van der Waals surface area contributed by atoms with Crippen LogP contribution in [0.2, 0.25) is 0 Å². The molecule has 1 aromatic carbocycles. The van der Waals surface area contributed by atoms with Gasteiger partial charge in [0, 0.05) is 18.2 Å². The molecule has 0 atom stereocenters. The molecule has 118 valence electrons. The van der Waals surface area contributed by atoms with Gasteiger partial charge in [-0.2, -0.15) is 5.26 Å². The molecule has 3 rings (SSSR count). The van der Waals surface area contributed by atoms with Crippen molar-refractivity contribution in [1.29, 1.82) is 5.26 Å². The minimum atomic E-state index is -0.141. The molecular weight excluding hydrogens is 292 g/mol. The predicted octanol–water partition coefficient (Wildman–Crippen LogP) is 1.89. The number of aromatic nitrogens is 1. The Morgan fingerprint density at radius 3 is 2.70 bits per heavy atom. The fourth-order valence-corrected chi connectivity index (χ4v) is 2.94. The van der Waals surface area contributed by atoms with Gasteiger partial charge < -0.3 is 14.0 Å². The van der Waals surface area contributed by atoms with Gasteiger partial charge in [-0.05, 0) is 29.7 Å². The summed E-state index contributed by atoms with van der Waals surface area (Å²) in [5, 5.41) is 9.30. The number of methoxy groups -OCH3 is 1. The van der Waals surface area contributed by atoms with Crippen LogP contribution in [0.15, 0.2) is 35.1 Å². The van der Waals surface area contributed by atoms with Crippen molar-refractivity contribution < 1.29 is 9.47 Å². The Labute approximate surface area is 134 Å². The minimum Gasteiger partial charge on any atom is -0.497 e. The molecule has 1 aromatic heterocycles. The van der Waals surface area contributed by atoms with Crippen LogP contribution in [0.25, 0.3) is 0 Å². The van der Waals surface area contributed by atoms with E-state index in [1.807, 2.05) is 24.3 Å². The maximum absolute atomic E-state index is 12.5. The van der Waals surface area contributed by atoms with Gasteiger partial charge in [-0.1, -0.05) is 12.1 Å². The second kappa shape index (κ2) is 6.67. The largest absolute Gasteiger partial charge is 0.497 e. The van der Waals surface area contributed by atoms with Crippen LogP contribution in [-0.2, 0) is 24.1 Å². The number of ether oxygens (including phenoxy) is 2. The lowest BCUT2D eigenvalue weighted by Crippen LogP contribution is -2.26. The number of hydrogen-bond donors (Lipinski definition) is 0. The number of pyridine rings is 1. The Morgan fingerprint density at radius 2 is 2.00 bits per heavy atom. The van der Waals surface area contributed by atoms with Crippen molar-refractivity contribution in [2.24, 2.45) is 0 Å². The van der Waals surface area contributed by atoms with Gasteiger partial charge >= 0.3 is 0 Å². The van der Waals surface area contributed by atoms with Crippen LogP contribution in [0.3, 0.4) is 0 Å². The van der Waals surface area contributed by atoms with Gasteiger partial charge in [0.05, 0.1) is 38.5 Å². The molecule has 5 heteroatoms. The van der Waals surface area contributed by atoms with E-state index in [0.717, 1.165) is 22.6 Å². The lowest BCUT2D eigenvalue weighted by molar-refractivity contribution is 0.146. The zero-order valence-corrected chi connectivity index (χ0v) is 13.0. The maximum Gasteiger partial charge on any atom is 0.252 e. The van der Waals surface area contributed by atoms with Crippen molar-refractivity contribution in [3.8, 4) is 11.8 Å². The molecule has 2 heterocycles. The Morgan fingerprint density at radius 1 is 1.26 bits per heavy atom. The number of rotatable bonds is 3. The van der Waals surface area contributed by atoms with Crippen molar-refractivity contribution in [3.05, 3.63) is 63.1 Å². The molecule has 0 saturated heterocycles. The zero-order valence-electron chi connectivity index (χ0n) is 13.0. The topological polar surface area (TPSA) is 64.2 Å². The molecule has 0 radical (unpaired) electrons. The van der Waals surface area contributed by atoms with Gasteiger partial charge in [0.1, 0.15) is 5.75 Å². The lowest BCUT2D eigenvalue weighted by atomic mass is 10.0. The Kier molecular flexibility index (Phi) is 4.45. The third-order valence-electron chi connectivity index (χ3n) is 4.13. The van der Waals surface area contributed by atoms with Gasteiger partial charge in [-0.3, -0.25) is 4.79 Å². The average Bonchev–Trinajstić information content (AvgIpc) is 2.83. The first kappa shape index (κ1) is 15.3. The summed E-state index contributed by atoms with van der Waals surface area (Å²) in [6.45, 7) is 1.64. The summed E-state index contributed by atoms with van der Waals surface area (Å²) in [6.07, 6.45) is 1.32. The summed E-state index contributed by atoms with van der Waals surface area (Å²) in [4.78, 5) is 12.5. The van der Waals surface area contributed by atoms with Crippen LogP contribution in [0.5, 0.6) is 5.75 Å². The quantitative estimate of drug-likeness (QED) is 0.868. The third-order valence-corrected chi connectivity index (χ3v) is 4.13. The smallest absolute Gasteiger partial charge is 0.252 e. The normalized spacial score (nSPS) is 13.7. The van der Waals surface area contributed by atoms with E-state index >= 15 is 0 Å². The number of nitriles is 1. The third kappa shape index (κ3) is 3.13. The van der Waals surface area contributed by atoms with Gasteiger partial charge in [0.2, 0.25) is 0 Å². The van der Waals surface area contributed by atoms with E-state index in [0.29, 0.717) is 38.2 Å². The van der Waals surface area contributed by atoms with E-state index in [1.165, 1.54) is 6.07 Å². The first-order valence-corrected chi connectivity index (χ1v) is 7.59. The Bertz CT molecular complexity index is 801. The molecule has 0 spiro atoms. The van der Waals surface area contributed by atoms with E-state index in [9.17, 15) is 10.1 Å². The van der Waals surface area contributed by atoms with Crippen LogP contribution >= 0.6 is 0 Å². The Balaban J connectivity index is 2.04. The van der Waals surface area contributed by atoms with Gasteiger partial charge in [0.15, 0.2) is 0 Å². The highest BCUT2D eigenvalue weighted by molar-refractivity contribution is 5.41. The second-order valence-electron chi connectivity index (χ2n) is 5.48. The summed E-state index contributed by atoms with van der Waals surface area (Å²) in [5.74, 6) is 0.785. The van der Waals surface area contributed by atoms with Gasteiger partial charge in [-0.15, -0.1) is 0 Å². The second-order valence-corrected chi connectivity index (χ2v) is 5.48. The van der Waals surface area contributed by atoms with Crippen molar-refractivity contribution >= 4 is 0 Å². The SMILES string of the molecule is COc1ccc(Cn2c3c(c(C#N)cc2=O)CCOCC3)cc1. The van der Waals surface area contributed by atoms with Gasteiger partial charge in [-0.25, -0.2) is 0 Å². The molecule has 1 aliphatic rings. The average molecular weight is 310 g/mol. The van der Waals surface area contributed by atoms with E-state index in [1.54, 1.807) is 11.7 Å². The number of fused-ring (bicyclic) bond motifs is 1. The molecule has 2 aromatic rings. The highest BCUT2D eigenvalue weighted by atomic mass is 16.5. The van der Waals surface area contributed by atoms with E-state index in [4.69, 9.17) is 9.47 Å². The van der Waals surface area contributed by atoms with Crippen molar-refractivity contribution in [2.75, 3.05) is 20.3 Å². The van der Waals surface area contributed by atoms with Crippen molar-refractivity contribution in [2.45, 2.75) is 19.4 Å². The van der Waals surface area contributed by atoms with Crippen LogP contribution in [0.1, 0.15) is 22.4 Å². The fraction of sp³-hybridized carbons (Fsp3) is 0.333. The summed E-state index contributed by atoms with van der Waals surface area (Å²) < 4.78 is 12.4. The molecule has 0 N–H and O–H groups in total. The fourth-order valence-electron chi connectivity index (χ4n) is 2.94. The van der Waals surface area contributed by atoms with E-state index in [2.05, 4.69) is 6.07 Å². The molecule has 0 unspecified atom stereocenters. The van der Waals surface area contributed by atoms with Crippen LogP contribution in [-0.4, -0.2) is 24.9 Å². The first-order valence-electron chi connectivity index (χ1n) is 7.59. The zero-order chi connectivity index (χ0) is 16.2. The van der Waals surface area contributed by atoms with Crippen molar-refractivity contribution in [1.82, 2.24) is 4.57 Å². The molecule has 0 fully saturated rings. The number of benzene rings is 1. The Hall–Kier alpha value is -2.58. The molecule has 0 saturated carbocycles. The summed E-state index contributed by atoms with van der Waals surface area (Å²) in [6, 6.07) is 11.2. The molecule has 23 heavy (non-hydrogen) atoms. The monoisotopic (exact) mass is 310 g/mol. The molecule has 0 aliphatic carbocycles. The predicted molar refractivity (Wildman–Crippen MR) is 85.7 cm³/mol. The van der Waals surface area contributed by atoms with Crippen LogP contribution in [0.4, 0.5) is 0 Å². The first-order chi connectivity index (χ1) is 11.2. The highest BCUT2D eigenvalue weighted by Crippen LogP contribution is 2.19. The summed E-state index contributed by atoms with van der Waals surface area (Å²) in [5.41, 5.74) is 3.21. The van der Waals surface area contributed by atoms with Gasteiger partial charge in [0.25, 0.3) is 5.56 Å². The number of nitrogens with zero attached hydrogens (tertiary/aromatic N) is 2. The summed E-state index contributed by atoms with van der Waals surface area (Å²) in [7, 11) is 1.62. The number of hydrogen-bond acceptors (Lipinski definition) is 4. The molecule has 5 nitrogen and oxygen atoms in total. The van der Waals surface area contributed by atoms with Crippen LogP contribution < -0.4 is 10.3 Å². The van der Waals surface area contributed by atoms with E-state index in [-0.39, 0.29) is 5.56 Å². The summed E-state index contributed by atoms with van der Waals surface area (Å²) >= 11 is 0. The highest BCUT2D eigenvalue weighted by Gasteiger charge is 2.18. The van der Waals surface area contributed by atoms with E-state index < -0.39 is 0 Å². The lowest BCUT2D eigenvalue weighted by Gasteiger charge is -2.16.